The molecular formula is C12H15N3O. The minimum absolute atomic E-state index is 0.0887. The monoisotopic (exact) mass is 217 g/mol. The highest BCUT2D eigenvalue weighted by molar-refractivity contribution is 6.01. The van der Waals surface area contributed by atoms with Crippen molar-refractivity contribution < 1.29 is 4.74 Å². The lowest BCUT2D eigenvalue weighted by Gasteiger charge is -2.26. The number of nitrogen functional groups attached to an aromatic ring is 1. The van der Waals surface area contributed by atoms with Crippen molar-refractivity contribution >= 4 is 17.2 Å². The molecule has 0 saturated heterocycles. The first-order chi connectivity index (χ1) is 7.70. The summed E-state index contributed by atoms with van der Waals surface area (Å²) in [5, 5.41) is 3.23. The Kier molecular flexibility index (Phi) is 2.81. The number of fused-ring (bicyclic) bond motifs is 1. The number of hydrogen-bond donors (Lipinski definition) is 2. The highest BCUT2D eigenvalue weighted by Crippen LogP contribution is 2.31. The van der Waals surface area contributed by atoms with Crippen molar-refractivity contribution in [3.05, 3.63) is 30.9 Å². The van der Waals surface area contributed by atoms with Gasteiger partial charge in [-0.1, -0.05) is 6.08 Å². The van der Waals surface area contributed by atoms with Gasteiger partial charge in [0, 0.05) is 11.8 Å². The van der Waals surface area contributed by atoms with Crippen LogP contribution in [0.4, 0.5) is 11.4 Å². The van der Waals surface area contributed by atoms with E-state index in [9.17, 15) is 0 Å². The molecule has 0 bridgehead atoms. The van der Waals surface area contributed by atoms with Crippen LogP contribution in [-0.2, 0) is 0 Å². The molecule has 1 heterocycles. The Balaban J connectivity index is 2.28. The topological polar surface area (TPSA) is 59.6 Å². The summed E-state index contributed by atoms with van der Waals surface area (Å²) in [5.74, 6) is 1.59. The average molecular weight is 217 g/mol. The maximum atomic E-state index is 5.71. The second kappa shape index (κ2) is 4.26. The van der Waals surface area contributed by atoms with Gasteiger partial charge in [0.2, 0.25) is 0 Å². The number of rotatable bonds is 2. The van der Waals surface area contributed by atoms with Crippen molar-refractivity contribution in [3.63, 3.8) is 0 Å². The smallest absolute Gasteiger partial charge is 0.153 e. The Morgan fingerprint density at radius 2 is 2.44 bits per heavy atom. The molecular weight excluding hydrogens is 202 g/mol. The summed E-state index contributed by atoms with van der Waals surface area (Å²) in [6.45, 7) is 6.16. The second-order valence-corrected chi connectivity index (χ2v) is 3.66. The molecule has 1 aromatic carbocycles. The van der Waals surface area contributed by atoms with Gasteiger partial charge in [0.1, 0.15) is 11.6 Å². The molecule has 0 spiro atoms. The molecule has 0 saturated carbocycles. The van der Waals surface area contributed by atoms with Crippen molar-refractivity contribution in [2.24, 2.45) is 4.99 Å². The molecule has 1 aliphatic rings. The number of nitrogens with zero attached hydrogens (tertiary/aromatic N) is 1. The van der Waals surface area contributed by atoms with Gasteiger partial charge >= 0.3 is 0 Å². The Morgan fingerprint density at radius 1 is 1.62 bits per heavy atom. The molecule has 1 aliphatic heterocycles. The Labute approximate surface area is 94.8 Å². The first-order valence-corrected chi connectivity index (χ1v) is 5.19. The fourth-order valence-electron chi connectivity index (χ4n) is 1.56. The van der Waals surface area contributed by atoms with E-state index >= 15 is 0 Å². The van der Waals surface area contributed by atoms with Gasteiger partial charge in [-0.15, -0.1) is 6.58 Å². The van der Waals surface area contributed by atoms with Crippen molar-refractivity contribution in [1.29, 1.82) is 0 Å². The van der Waals surface area contributed by atoms with Crippen LogP contribution in [0.5, 0.6) is 5.75 Å². The summed E-state index contributed by atoms with van der Waals surface area (Å²) < 4.78 is 5.71. The maximum absolute atomic E-state index is 5.71. The van der Waals surface area contributed by atoms with Crippen LogP contribution in [-0.4, -0.2) is 18.5 Å². The molecule has 0 aliphatic carbocycles. The van der Waals surface area contributed by atoms with E-state index in [0.717, 1.165) is 17.3 Å². The maximum Gasteiger partial charge on any atom is 0.153 e. The van der Waals surface area contributed by atoms with Gasteiger partial charge in [0.05, 0.1) is 12.2 Å². The average Bonchev–Trinajstić information content (AvgIpc) is 2.26. The zero-order valence-electron chi connectivity index (χ0n) is 9.23. The van der Waals surface area contributed by atoms with Crippen molar-refractivity contribution in [2.45, 2.75) is 13.0 Å². The second-order valence-electron chi connectivity index (χ2n) is 3.66. The normalized spacial score (nSPS) is 20.8. The van der Waals surface area contributed by atoms with Gasteiger partial charge in [-0.25, -0.2) is 0 Å². The number of aliphatic imine (C=N–C) groups is 1. The minimum atomic E-state index is -0.0887. The van der Waals surface area contributed by atoms with Gasteiger partial charge in [-0.2, -0.15) is 0 Å². The van der Waals surface area contributed by atoms with E-state index in [1.54, 1.807) is 6.08 Å². The third-order valence-electron chi connectivity index (χ3n) is 2.35. The summed E-state index contributed by atoms with van der Waals surface area (Å²) in [6, 6.07) is 5.53. The van der Waals surface area contributed by atoms with Gasteiger partial charge in [-0.3, -0.25) is 4.99 Å². The predicted octanol–water partition coefficient (Wildman–Crippen LogP) is 2.05. The largest absolute Gasteiger partial charge is 0.481 e. The Bertz CT molecular complexity index is 440. The quantitative estimate of drug-likeness (QED) is 0.588. The predicted molar refractivity (Wildman–Crippen MR) is 67.1 cm³/mol. The fourth-order valence-corrected chi connectivity index (χ4v) is 1.56. The summed E-state index contributed by atoms with van der Waals surface area (Å²) in [7, 11) is 0. The van der Waals surface area contributed by atoms with E-state index in [4.69, 9.17) is 10.5 Å². The summed E-state index contributed by atoms with van der Waals surface area (Å²) in [4.78, 5) is 4.34. The number of amidine groups is 1. The van der Waals surface area contributed by atoms with E-state index in [1.807, 2.05) is 25.1 Å². The number of nitrogens with two attached hydrogens (primary N) is 1. The molecule has 84 valence electrons. The lowest BCUT2D eigenvalue weighted by Crippen LogP contribution is -2.35. The molecule has 1 unspecified atom stereocenters. The first-order valence-electron chi connectivity index (χ1n) is 5.19. The number of anilines is 2. The summed E-state index contributed by atoms with van der Waals surface area (Å²) in [5.41, 5.74) is 7.28. The van der Waals surface area contributed by atoms with E-state index in [2.05, 4.69) is 16.9 Å². The lowest BCUT2D eigenvalue weighted by atomic mass is 10.2. The van der Waals surface area contributed by atoms with E-state index in [0.29, 0.717) is 12.2 Å². The van der Waals surface area contributed by atoms with Crippen molar-refractivity contribution in [2.75, 3.05) is 17.6 Å². The Hall–Kier alpha value is -1.97. The molecule has 0 aromatic heterocycles. The fraction of sp³-hybridized carbons (Fsp3) is 0.250. The minimum Gasteiger partial charge on any atom is -0.481 e. The van der Waals surface area contributed by atoms with Crippen LogP contribution in [0.1, 0.15) is 6.92 Å². The molecule has 4 nitrogen and oxygen atoms in total. The summed E-state index contributed by atoms with van der Waals surface area (Å²) in [6.07, 6.45) is 1.66. The van der Waals surface area contributed by atoms with Crippen LogP contribution in [0, 0.1) is 0 Å². The van der Waals surface area contributed by atoms with Gasteiger partial charge < -0.3 is 15.8 Å². The van der Waals surface area contributed by atoms with Crippen molar-refractivity contribution in [1.82, 2.24) is 0 Å². The number of ether oxygens (including phenoxy) is 1. The van der Waals surface area contributed by atoms with E-state index < -0.39 is 0 Å². The lowest BCUT2D eigenvalue weighted by molar-refractivity contribution is 0.283. The van der Waals surface area contributed by atoms with Gasteiger partial charge in [0.25, 0.3) is 0 Å². The molecule has 0 amide bonds. The SMILES string of the molecule is C=CCN=C1Nc2ccc(N)cc2OC1C. The zero-order chi connectivity index (χ0) is 11.5. The number of hydrogen-bond acceptors (Lipinski definition) is 3. The van der Waals surface area contributed by atoms with Crippen LogP contribution in [0.2, 0.25) is 0 Å². The molecule has 3 N–H and O–H groups in total. The molecule has 16 heavy (non-hydrogen) atoms. The molecule has 4 heteroatoms. The standard InChI is InChI=1S/C12H15N3O/c1-3-6-14-12-8(2)16-11-7-9(13)4-5-10(11)15-12/h3-5,7-8H,1,6,13H2,2H3,(H,14,15). The van der Waals surface area contributed by atoms with Crippen LogP contribution in [0.15, 0.2) is 35.8 Å². The van der Waals surface area contributed by atoms with E-state index in [-0.39, 0.29) is 6.10 Å². The molecule has 1 atom stereocenters. The van der Waals surface area contributed by atoms with Crippen LogP contribution in [0.3, 0.4) is 0 Å². The van der Waals surface area contributed by atoms with Crippen LogP contribution < -0.4 is 15.8 Å². The summed E-state index contributed by atoms with van der Waals surface area (Å²) >= 11 is 0. The molecule has 2 rings (SSSR count). The van der Waals surface area contributed by atoms with Gasteiger partial charge in [0.15, 0.2) is 6.10 Å². The first kappa shape index (κ1) is 10.5. The third kappa shape index (κ3) is 2.00. The van der Waals surface area contributed by atoms with Crippen molar-refractivity contribution in [3.8, 4) is 5.75 Å². The highest BCUT2D eigenvalue weighted by atomic mass is 16.5. The highest BCUT2D eigenvalue weighted by Gasteiger charge is 2.21. The van der Waals surface area contributed by atoms with Gasteiger partial charge in [-0.05, 0) is 19.1 Å². The van der Waals surface area contributed by atoms with Crippen LogP contribution in [0.25, 0.3) is 0 Å². The van der Waals surface area contributed by atoms with Crippen LogP contribution >= 0.6 is 0 Å². The zero-order valence-corrected chi connectivity index (χ0v) is 9.23. The third-order valence-corrected chi connectivity index (χ3v) is 2.35. The number of benzene rings is 1. The Morgan fingerprint density at radius 3 is 3.19 bits per heavy atom. The number of nitrogens with one attached hydrogen (secondary N) is 1. The van der Waals surface area contributed by atoms with E-state index in [1.165, 1.54) is 0 Å². The molecule has 0 fully saturated rings. The molecule has 1 aromatic rings. The molecule has 0 radical (unpaired) electrons.